The van der Waals surface area contributed by atoms with Crippen LogP contribution in [0.4, 0.5) is 0 Å². The predicted molar refractivity (Wildman–Crippen MR) is 113 cm³/mol. The average Bonchev–Trinajstić information content (AvgIpc) is 3.34. The van der Waals surface area contributed by atoms with Crippen molar-refractivity contribution in [3.8, 4) is 0 Å². The smallest absolute Gasteiger partial charge is 0.257 e. The summed E-state index contributed by atoms with van der Waals surface area (Å²) in [6, 6.07) is 3.70. The highest BCUT2D eigenvalue weighted by atomic mass is 32.2. The van der Waals surface area contributed by atoms with Crippen LogP contribution >= 0.6 is 11.8 Å². The molecule has 0 aromatic carbocycles. The number of imidazole rings is 1. The second-order valence-electron chi connectivity index (χ2n) is 7.80. The molecule has 0 unspecified atom stereocenters. The number of nitrogens with zero attached hydrogens (tertiary/aromatic N) is 3. The summed E-state index contributed by atoms with van der Waals surface area (Å²) in [5.41, 5.74) is 3.53. The molecule has 1 aliphatic carbocycles. The van der Waals surface area contributed by atoms with Crippen LogP contribution in [0.2, 0.25) is 0 Å². The van der Waals surface area contributed by atoms with E-state index in [1.54, 1.807) is 11.8 Å². The second-order valence-corrected chi connectivity index (χ2v) is 8.89. The highest BCUT2D eigenvalue weighted by Crippen LogP contribution is 2.26. The number of fused-ring (bicyclic) bond motifs is 1. The van der Waals surface area contributed by atoms with Crippen molar-refractivity contribution in [1.82, 2.24) is 14.7 Å². The summed E-state index contributed by atoms with van der Waals surface area (Å²) in [6.45, 7) is 5.63. The molecule has 2 aromatic heterocycles. The van der Waals surface area contributed by atoms with Crippen LogP contribution in [-0.4, -0.2) is 38.9 Å². The Balaban J connectivity index is 1.56. The molecule has 1 saturated carbocycles. The van der Waals surface area contributed by atoms with Gasteiger partial charge in [-0.1, -0.05) is 44.9 Å². The second kappa shape index (κ2) is 8.66. The van der Waals surface area contributed by atoms with Crippen molar-refractivity contribution < 1.29 is 9.53 Å². The number of carbonyl (C=O) groups excluding carboxylic acids is 1. The Morgan fingerprint density at radius 3 is 2.89 bits per heavy atom. The van der Waals surface area contributed by atoms with Crippen molar-refractivity contribution in [2.45, 2.75) is 64.6 Å². The lowest BCUT2D eigenvalue weighted by atomic mass is 9.98. The molecule has 4 rings (SSSR count). The van der Waals surface area contributed by atoms with Gasteiger partial charge < -0.3 is 14.5 Å². The Kier molecular flexibility index (Phi) is 6.01. The number of thioether (sulfide) groups is 1. The molecule has 0 bridgehead atoms. The van der Waals surface area contributed by atoms with Gasteiger partial charge in [-0.15, -0.1) is 0 Å². The molecule has 2 aromatic rings. The molecule has 150 valence electrons. The van der Waals surface area contributed by atoms with Crippen LogP contribution < -0.4 is 5.32 Å². The molecule has 1 aliphatic heterocycles. The van der Waals surface area contributed by atoms with Gasteiger partial charge in [-0.25, -0.2) is 4.98 Å². The van der Waals surface area contributed by atoms with Gasteiger partial charge in [0, 0.05) is 17.5 Å². The number of hydrogen-bond donors (Lipinski definition) is 1. The minimum absolute atomic E-state index is 0.134. The van der Waals surface area contributed by atoms with Crippen molar-refractivity contribution in [2.24, 2.45) is 4.99 Å². The summed E-state index contributed by atoms with van der Waals surface area (Å²) in [7, 11) is 0. The van der Waals surface area contributed by atoms with E-state index in [2.05, 4.69) is 28.6 Å². The van der Waals surface area contributed by atoms with Crippen LogP contribution in [0.1, 0.15) is 73.6 Å². The fraction of sp³-hybridized carbons (Fsp3) is 0.571. The SMILES string of the molecule is CC(C)c1nc2cc(C(=O)NC3=NCCS3)ccn2c1COC1CCCCC1. The molecule has 28 heavy (non-hydrogen) atoms. The van der Waals surface area contributed by atoms with E-state index in [-0.39, 0.29) is 5.91 Å². The maximum Gasteiger partial charge on any atom is 0.257 e. The highest BCUT2D eigenvalue weighted by Gasteiger charge is 2.20. The number of aromatic nitrogens is 2. The Bertz CT molecular complexity index is 884. The number of amides is 1. The molecule has 0 spiro atoms. The summed E-state index contributed by atoms with van der Waals surface area (Å²) < 4.78 is 8.30. The van der Waals surface area contributed by atoms with E-state index in [4.69, 9.17) is 9.72 Å². The van der Waals surface area contributed by atoms with Gasteiger partial charge in [-0.3, -0.25) is 9.79 Å². The zero-order valence-corrected chi connectivity index (χ0v) is 17.4. The minimum atomic E-state index is -0.134. The van der Waals surface area contributed by atoms with E-state index in [0.29, 0.717) is 29.4 Å². The number of rotatable bonds is 5. The summed E-state index contributed by atoms with van der Waals surface area (Å²) >= 11 is 1.58. The first-order valence-corrected chi connectivity index (χ1v) is 11.2. The van der Waals surface area contributed by atoms with Crippen LogP contribution in [-0.2, 0) is 11.3 Å². The molecule has 6 nitrogen and oxygen atoms in total. The zero-order valence-electron chi connectivity index (χ0n) is 16.6. The Morgan fingerprint density at radius 1 is 1.36 bits per heavy atom. The first kappa shape index (κ1) is 19.5. The molecule has 0 saturated heterocycles. The number of carbonyl (C=O) groups is 1. The molecule has 3 heterocycles. The largest absolute Gasteiger partial charge is 0.372 e. The molecule has 1 amide bonds. The first-order chi connectivity index (χ1) is 13.6. The van der Waals surface area contributed by atoms with Gasteiger partial charge in [-0.2, -0.15) is 0 Å². The maximum absolute atomic E-state index is 12.5. The van der Waals surface area contributed by atoms with Gasteiger partial charge in [0.05, 0.1) is 30.6 Å². The third-order valence-electron chi connectivity index (χ3n) is 5.38. The number of amidine groups is 1. The van der Waals surface area contributed by atoms with E-state index < -0.39 is 0 Å². The van der Waals surface area contributed by atoms with Crippen molar-refractivity contribution in [2.75, 3.05) is 12.3 Å². The van der Waals surface area contributed by atoms with Crippen molar-refractivity contribution >= 4 is 28.5 Å². The lowest BCUT2D eigenvalue weighted by molar-refractivity contribution is 0.0145. The van der Waals surface area contributed by atoms with Crippen LogP contribution in [0.25, 0.3) is 5.65 Å². The van der Waals surface area contributed by atoms with E-state index in [1.165, 1.54) is 19.3 Å². The Morgan fingerprint density at radius 2 is 2.18 bits per heavy atom. The zero-order chi connectivity index (χ0) is 19.5. The summed E-state index contributed by atoms with van der Waals surface area (Å²) in [6.07, 6.45) is 8.44. The summed E-state index contributed by atoms with van der Waals surface area (Å²) in [5.74, 6) is 1.09. The van der Waals surface area contributed by atoms with Crippen molar-refractivity contribution in [1.29, 1.82) is 0 Å². The van der Waals surface area contributed by atoms with Gasteiger partial charge in [0.2, 0.25) is 0 Å². The molecule has 2 aliphatic rings. The van der Waals surface area contributed by atoms with Crippen LogP contribution in [0.15, 0.2) is 23.3 Å². The molecule has 7 heteroatoms. The summed E-state index contributed by atoms with van der Waals surface area (Å²) in [4.78, 5) is 21.6. The maximum atomic E-state index is 12.5. The molecule has 1 fully saturated rings. The standard InChI is InChI=1S/C21H28N4O2S/c1-14(2)19-17(13-27-16-6-4-3-5-7-16)25-10-8-15(12-18(25)23-19)20(26)24-21-22-9-11-28-21/h8,10,12,14,16H,3-7,9,11,13H2,1-2H3,(H,22,24,26). The Hall–Kier alpha value is -1.86. The molecule has 1 N–H and O–H groups in total. The van der Waals surface area contributed by atoms with Gasteiger partial charge in [0.15, 0.2) is 5.17 Å². The molecular weight excluding hydrogens is 372 g/mol. The third kappa shape index (κ3) is 4.25. The summed E-state index contributed by atoms with van der Waals surface area (Å²) in [5, 5.41) is 3.59. The predicted octanol–water partition coefficient (Wildman–Crippen LogP) is 4.14. The minimum Gasteiger partial charge on any atom is -0.372 e. The third-order valence-corrected chi connectivity index (χ3v) is 6.27. The topological polar surface area (TPSA) is 68.0 Å². The van der Waals surface area contributed by atoms with E-state index in [1.807, 2.05) is 18.3 Å². The fourth-order valence-corrected chi connectivity index (χ4v) is 4.59. The van der Waals surface area contributed by atoms with Gasteiger partial charge in [0.25, 0.3) is 5.91 Å². The molecular formula is C21H28N4O2S. The van der Waals surface area contributed by atoms with E-state index in [0.717, 1.165) is 42.2 Å². The fourth-order valence-electron chi connectivity index (χ4n) is 3.87. The van der Waals surface area contributed by atoms with E-state index in [9.17, 15) is 4.79 Å². The Labute approximate surface area is 170 Å². The van der Waals surface area contributed by atoms with Crippen LogP contribution in [0, 0.1) is 0 Å². The normalized spacial score (nSPS) is 18.0. The lowest BCUT2D eigenvalue weighted by Crippen LogP contribution is -2.27. The quantitative estimate of drug-likeness (QED) is 0.819. The monoisotopic (exact) mass is 400 g/mol. The van der Waals surface area contributed by atoms with Gasteiger partial charge in [-0.05, 0) is 30.9 Å². The van der Waals surface area contributed by atoms with Crippen molar-refractivity contribution in [3.63, 3.8) is 0 Å². The molecule has 0 radical (unpaired) electrons. The van der Waals surface area contributed by atoms with Crippen LogP contribution in [0.3, 0.4) is 0 Å². The number of aliphatic imine (C=N–C) groups is 1. The number of pyridine rings is 1. The number of hydrogen-bond acceptors (Lipinski definition) is 5. The van der Waals surface area contributed by atoms with Crippen LogP contribution in [0.5, 0.6) is 0 Å². The first-order valence-electron chi connectivity index (χ1n) is 10.2. The number of nitrogens with one attached hydrogen (secondary N) is 1. The average molecular weight is 401 g/mol. The molecule has 0 atom stereocenters. The number of ether oxygens (including phenoxy) is 1. The van der Waals surface area contributed by atoms with Gasteiger partial charge >= 0.3 is 0 Å². The van der Waals surface area contributed by atoms with E-state index >= 15 is 0 Å². The highest BCUT2D eigenvalue weighted by molar-refractivity contribution is 8.14. The lowest BCUT2D eigenvalue weighted by Gasteiger charge is -2.22. The van der Waals surface area contributed by atoms with Gasteiger partial charge in [0.1, 0.15) is 5.65 Å². The van der Waals surface area contributed by atoms with Crippen molar-refractivity contribution in [3.05, 3.63) is 35.3 Å².